The molecule has 0 aromatic heterocycles. The van der Waals surface area contributed by atoms with E-state index < -0.39 is 10.0 Å². The van der Waals surface area contributed by atoms with E-state index in [4.69, 9.17) is 4.74 Å². The number of ether oxygens (including phenoxy) is 1. The van der Waals surface area contributed by atoms with Crippen molar-refractivity contribution in [1.82, 2.24) is 4.83 Å². The summed E-state index contributed by atoms with van der Waals surface area (Å²) < 4.78 is 31.2. The van der Waals surface area contributed by atoms with E-state index in [9.17, 15) is 8.42 Å². The van der Waals surface area contributed by atoms with E-state index in [1.807, 2.05) is 42.5 Å². The van der Waals surface area contributed by atoms with Gasteiger partial charge in [-0.05, 0) is 42.0 Å². The minimum absolute atomic E-state index is 0.155. The van der Waals surface area contributed by atoms with Crippen LogP contribution in [0.1, 0.15) is 11.1 Å². The van der Waals surface area contributed by atoms with Gasteiger partial charge in [-0.3, -0.25) is 0 Å². The maximum Gasteiger partial charge on any atom is 0.276 e. The summed E-state index contributed by atoms with van der Waals surface area (Å²) in [6.45, 7) is 0.397. The number of hydrogen-bond acceptors (Lipinski definition) is 4. The van der Waals surface area contributed by atoms with Crippen LogP contribution in [0.2, 0.25) is 0 Å². The molecule has 0 fully saturated rings. The average Bonchev–Trinajstić information content (AvgIpc) is 2.69. The minimum atomic E-state index is -3.70. The van der Waals surface area contributed by atoms with Crippen LogP contribution in [0, 0.1) is 0 Å². The molecule has 0 saturated carbocycles. The first-order valence-corrected chi connectivity index (χ1v) is 10.4. The Morgan fingerprint density at radius 1 is 0.926 bits per heavy atom. The van der Waals surface area contributed by atoms with Gasteiger partial charge in [-0.2, -0.15) is 13.5 Å². The maximum atomic E-state index is 12.2. The quantitative estimate of drug-likeness (QED) is 0.435. The third kappa shape index (κ3) is 5.42. The highest BCUT2D eigenvalue weighted by Crippen LogP contribution is 2.18. The van der Waals surface area contributed by atoms with Crippen molar-refractivity contribution < 1.29 is 13.2 Å². The Hall–Kier alpha value is -2.64. The zero-order valence-corrected chi connectivity index (χ0v) is 16.7. The summed E-state index contributed by atoms with van der Waals surface area (Å²) in [6, 6.07) is 23.2. The van der Waals surface area contributed by atoms with Gasteiger partial charge in [0.1, 0.15) is 12.4 Å². The Bertz CT molecular complexity index is 1020. The van der Waals surface area contributed by atoms with E-state index in [1.165, 1.54) is 18.3 Å². The zero-order chi connectivity index (χ0) is 19.1. The Kier molecular flexibility index (Phi) is 6.26. The van der Waals surface area contributed by atoms with Crippen molar-refractivity contribution in [3.05, 3.63) is 94.5 Å². The zero-order valence-electron chi connectivity index (χ0n) is 14.2. The molecule has 7 heteroatoms. The van der Waals surface area contributed by atoms with Gasteiger partial charge in [0, 0.05) is 10.0 Å². The van der Waals surface area contributed by atoms with Gasteiger partial charge < -0.3 is 4.74 Å². The highest BCUT2D eigenvalue weighted by atomic mass is 79.9. The molecule has 0 aliphatic rings. The van der Waals surface area contributed by atoms with Gasteiger partial charge in [-0.15, -0.1) is 0 Å². The highest BCUT2D eigenvalue weighted by Gasteiger charge is 2.11. The van der Waals surface area contributed by atoms with Crippen LogP contribution >= 0.6 is 15.9 Å². The summed E-state index contributed by atoms with van der Waals surface area (Å²) in [5.41, 5.74) is 1.69. The standard InChI is InChI=1S/C20H17BrN2O3S/c21-18-12-10-16(11-13-18)15-26-20-9-5-4-6-17(20)14-22-23-27(24,25)19-7-2-1-3-8-19/h1-14,23H,15H2/b22-14+. The van der Waals surface area contributed by atoms with E-state index >= 15 is 0 Å². The summed E-state index contributed by atoms with van der Waals surface area (Å²) in [5.74, 6) is 0.614. The number of benzene rings is 3. The van der Waals surface area contributed by atoms with Crippen LogP contribution in [-0.4, -0.2) is 14.6 Å². The first-order valence-electron chi connectivity index (χ1n) is 8.11. The lowest BCUT2D eigenvalue weighted by Crippen LogP contribution is -2.18. The number of rotatable bonds is 7. The second-order valence-corrected chi connectivity index (χ2v) is 8.20. The molecule has 138 valence electrons. The molecule has 5 nitrogen and oxygen atoms in total. The fourth-order valence-electron chi connectivity index (χ4n) is 2.28. The SMILES string of the molecule is O=S(=O)(N/N=C/c1ccccc1OCc1ccc(Br)cc1)c1ccccc1. The molecular formula is C20H17BrN2O3S. The molecule has 0 spiro atoms. The molecule has 1 N–H and O–H groups in total. The van der Waals surface area contributed by atoms with Crippen LogP contribution in [0.25, 0.3) is 0 Å². The van der Waals surface area contributed by atoms with Crippen molar-refractivity contribution in [3.63, 3.8) is 0 Å². The Balaban J connectivity index is 1.68. The van der Waals surface area contributed by atoms with E-state index in [0.29, 0.717) is 17.9 Å². The molecule has 0 aliphatic heterocycles. The number of nitrogens with zero attached hydrogens (tertiary/aromatic N) is 1. The fourth-order valence-corrected chi connectivity index (χ4v) is 3.35. The molecule has 3 rings (SSSR count). The van der Waals surface area contributed by atoms with E-state index in [2.05, 4.69) is 25.9 Å². The first-order chi connectivity index (χ1) is 13.0. The molecule has 0 aliphatic carbocycles. The average molecular weight is 445 g/mol. The van der Waals surface area contributed by atoms with Crippen molar-refractivity contribution in [2.45, 2.75) is 11.5 Å². The van der Waals surface area contributed by atoms with Crippen molar-refractivity contribution >= 4 is 32.2 Å². The third-order valence-corrected chi connectivity index (χ3v) is 5.42. The third-order valence-electron chi connectivity index (χ3n) is 3.66. The molecule has 0 saturated heterocycles. The smallest absolute Gasteiger partial charge is 0.276 e. The van der Waals surface area contributed by atoms with E-state index in [-0.39, 0.29) is 4.90 Å². The molecule has 0 amide bonds. The topological polar surface area (TPSA) is 67.8 Å². The Morgan fingerprint density at radius 3 is 2.33 bits per heavy atom. The lowest BCUT2D eigenvalue weighted by Gasteiger charge is -2.09. The van der Waals surface area contributed by atoms with Crippen LogP contribution < -0.4 is 9.57 Å². The largest absolute Gasteiger partial charge is 0.488 e. The molecule has 0 radical (unpaired) electrons. The normalized spacial score (nSPS) is 11.4. The van der Waals surface area contributed by atoms with Crippen LogP contribution in [-0.2, 0) is 16.6 Å². The summed E-state index contributed by atoms with van der Waals surface area (Å²) >= 11 is 3.40. The summed E-state index contributed by atoms with van der Waals surface area (Å²) in [6.07, 6.45) is 1.43. The van der Waals surface area contributed by atoms with Crippen molar-refractivity contribution in [3.8, 4) is 5.75 Å². The van der Waals surface area contributed by atoms with E-state index in [1.54, 1.807) is 24.3 Å². The Labute approximate surface area is 166 Å². The molecular weight excluding hydrogens is 428 g/mol. The monoisotopic (exact) mass is 444 g/mol. The van der Waals surface area contributed by atoms with E-state index in [0.717, 1.165) is 10.0 Å². The second-order valence-electron chi connectivity index (χ2n) is 5.62. The Morgan fingerprint density at radius 2 is 1.59 bits per heavy atom. The predicted molar refractivity (Wildman–Crippen MR) is 109 cm³/mol. The maximum absolute atomic E-state index is 12.2. The lowest BCUT2D eigenvalue weighted by molar-refractivity contribution is 0.306. The van der Waals surface area contributed by atoms with Gasteiger partial charge in [0.2, 0.25) is 0 Å². The summed E-state index contributed by atoms with van der Waals surface area (Å²) in [5, 5.41) is 3.87. The first kappa shape index (κ1) is 19.1. The molecule has 0 unspecified atom stereocenters. The van der Waals surface area contributed by atoms with Gasteiger partial charge in [-0.25, -0.2) is 4.83 Å². The van der Waals surface area contributed by atoms with Crippen LogP contribution in [0.4, 0.5) is 0 Å². The van der Waals surface area contributed by atoms with Crippen molar-refractivity contribution in [1.29, 1.82) is 0 Å². The lowest BCUT2D eigenvalue weighted by atomic mass is 10.2. The summed E-state index contributed by atoms with van der Waals surface area (Å²) in [4.78, 5) is 2.37. The van der Waals surface area contributed by atoms with Crippen LogP contribution in [0.5, 0.6) is 5.75 Å². The van der Waals surface area contributed by atoms with Crippen LogP contribution in [0.3, 0.4) is 0 Å². The molecule has 3 aromatic carbocycles. The van der Waals surface area contributed by atoms with Crippen molar-refractivity contribution in [2.75, 3.05) is 0 Å². The van der Waals surface area contributed by atoms with Gasteiger partial charge in [0.15, 0.2) is 0 Å². The predicted octanol–water partition coefficient (Wildman–Crippen LogP) is 4.34. The van der Waals surface area contributed by atoms with Gasteiger partial charge in [0.25, 0.3) is 10.0 Å². The highest BCUT2D eigenvalue weighted by molar-refractivity contribution is 9.10. The number of nitrogens with one attached hydrogen (secondary N) is 1. The number of para-hydroxylation sites is 1. The van der Waals surface area contributed by atoms with Gasteiger partial charge >= 0.3 is 0 Å². The number of halogens is 1. The molecule has 3 aromatic rings. The van der Waals surface area contributed by atoms with Gasteiger partial charge in [0.05, 0.1) is 11.1 Å². The molecule has 27 heavy (non-hydrogen) atoms. The number of hydrogen-bond donors (Lipinski definition) is 1. The number of sulfonamides is 1. The number of hydrazone groups is 1. The molecule has 0 atom stereocenters. The fraction of sp³-hybridized carbons (Fsp3) is 0.0500. The van der Waals surface area contributed by atoms with Gasteiger partial charge in [-0.1, -0.05) is 58.4 Å². The van der Waals surface area contributed by atoms with Crippen molar-refractivity contribution in [2.24, 2.45) is 5.10 Å². The minimum Gasteiger partial charge on any atom is -0.488 e. The van der Waals surface area contributed by atoms with Crippen LogP contribution in [0.15, 0.2) is 93.3 Å². The summed E-state index contributed by atoms with van der Waals surface area (Å²) in [7, 11) is -3.70. The second kappa shape index (κ2) is 8.83. The molecule has 0 bridgehead atoms. The molecule has 0 heterocycles.